The summed E-state index contributed by atoms with van der Waals surface area (Å²) in [5, 5.41) is 0. The molecule has 0 aliphatic carbocycles. The summed E-state index contributed by atoms with van der Waals surface area (Å²) in [6.45, 7) is 6.25. The maximum atomic E-state index is 11.5. The Labute approximate surface area is 107 Å². The van der Waals surface area contributed by atoms with Gasteiger partial charge in [0.05, 0.1) is 12.0 Å². The lowest BCUT2D eigenvalue weighted by molar-refractivity contribution is -0.157. The third kappa shape index (κ3) is 6.22. The molecule has 0 aromatic heterocycles. The van der Waals surface area contributed by atoms with Crippen LogP contribution in [0, 0.1) is 5.41 Å². The van der Waals surface area contributed by atoms with Crippen LogP contribution in [0.25, 0.3) is 0 Å². The van der Waals surface area contributed by atoms with E-state index in [1.807, 2.05) is 6.92 Å². The molecule has 0 rings (SSSR count). The average Bonchev–Trinajstić information content (AvgIpc) is 2.33. The normalized spacial score (nSPS) is 10.7. The van der Waals surface area contributed by atoms with Gasteiger partial charge in [0, 0.05) is 0 Å². The van der Waals surface area contributed by atoms with Crippen molar-refractivity contribution in [1.82, 2.24) is 0 Å². The van der Waals surface area contributed by atoms with E-state index in [9.17, 15) is 14.4 Å². The molecule has 18 heavy (non-hydrogen) atoms. The molecule has 0 saturated carbocycles. The van der Waals surface area contributed by atoms with Crippen LogP contribution < -0.4 is 0 Å². The Bertz CT molecular complexity index is 308. The average molecular weight is 260 g/mol. The second-order valence-electron chi connectivity index (χ2n) is 4.32. The lowest BCUT2D eigenvalue weighted by atomic mass is 9.91. The van der Waals surface area contributed by atoms with E-state index in [1.54, 1.807) is 20.8 Å². The molecule has 0 aromatic carbocycles. The number of ketones is 1. The molecule has 0 N–H and O–H groups in total. The Kier molecular flexibility index (Phi) is 7.00. The summed E-state index contributed by atoms with van der Waals surface area (Å²) < 4.78 is 13.8. The molecule has 0 heterocycles. The number of carbonyl (C=O) groups is 3. The Morgan fingerprint density at radius 3 is 2.00 bits per heavy atom. The van der Waals surface area contributed by atoms with Gasteiger partial charge in [-0.2, -0.15) is 0 Å². The van der Waals surface area contributed by atoms with Crippen LogP contribution in [0.4, 0.5) is 4.79 Å². The van der Waals surface area contributed by atoms with Crippen molar-refractivity contribution in [2.45, 2.75) is 34.1 Å². The predicted octanol–water partition coefficient (Wildman–Crippen LogP) is 1.71. The van der Waals surface area contributed by atoms with Gasteiger partial charge in [0.2, 0.25) is 5.78 Å². The smallest absolute Gasteiger partial charge is 0.457 e. The molecule has 6 heteroatoms. The highest BCUT2D eigenvalue weighted by molar-refractivity contribution is 5.85. The van der Waals surface area contributed by atoms with Crippen LogP contribution in [-0.4, -0.2) is 37.7 Å². The zero-order chi connectivity index (χ0) is 14.2. The van der Waals surface area contributed by atoms with Crippen molar-refractivity contribution >= 4 is 17.9 Å². The summed E-state index contributed by atoms with van der Waals surface area (Å²) in [5.74, 6) is -0.946. The number of hydrogen-bond acceptors (Lipinski definition) is 6. The van der Waals surface area contributed by atoms with Gasteiger partial charge in [-0.1, -0.05) is 6.92 Å². The van der Waals surface area contributed by atoms with Crippen molar-refractivity contribution in [2.75, 3.05) is 19.8 Å². The van der Waals surface area contributed by atoms with E-state index in [0.717, 1.165) is 0 Å². The molecule has 0 aliphatic rings. The second-order valence-corrected chi connectivity index (χ2v) is 4.32. The first kappa shape index (κ1) is 16.4. The first-order chi connectivity index (χ1) is 8.33. The molecule has 0 aromatic rings. The van der Waals surface area contributed by atoms with Crippen molar-refractivity contribution < 1.29 is 28.6 Å². The minimum absolute atomic E-state index is 0.173. The van der Waals surface area contributed by atoms with Gasteiger partial charge in [0.15, 0.2) is 13.2 Å². The third-order valence-electron chi connectivity index (χ3n) is 2.41. The van der Waals surface area contributed by atoms with Crippen molar-refractivity contribution in [2.24, 2.45) is 5.41 Å². The fourth-order valence-corrected chi connectivity index (χ4v) is 0.826. The summed E-state index contributed by atoms with van der Waals surface area (Å²) in [6, 6.07) is 0. The molecule has 0 atom stereocenters. The summed E-state index contributed by atoms with van der Waals surface area (Å²) >= 11 is 0. The van der Waals surface area contributed by atoms with Gasteiger partial charge in [-0.05, 0) is 27.2 Å². The van der Waals surface area contributed by atoms with Crippen molar-refractivity contribution in [3.8, 4) is 0 Å². The fourth-order valence-electron chi connectivity index (χ4n) is 0.826. The van der Waals surface area contributed by atoms with Crippen molar-refractivity contribution in [1.29, 1.82) is 0 Å². The largest absolute Gasteiger partial charge is 0.508 e. The summed E-state index contributed by atoms with van der Waals surface area (Å²) in [4.78, 5) is 33.6. The quantitative estimate of drug-likeness (QED) is 0.648. The number of Topliss-reactive ketones (excluding diaryl/α,β-unsaturated/α-hetero) is 1. The molecular formula is C12H20O6. The van der Waals surface area contributed by atoms with Crippen molar-refractivity contribution in [3.63, 3.8) is 0 Å². The number of hydrogen-bond donors (Lipinski definition) is 0. The van der Waals surface area contributed by atoms with E-state index >= 15 is 0 Å². The lowest BCUT2D eigenvalue weighted by Crippen LogP contribution is -2.29. The fraction of sp³-hybridized carbons (Fsp3) is 0.750. The van der Waals surface area contributed by atoms with Gasteiger partial charge in [-0.15, -0.1) is 0 Å². The first-order valence-electron chi connectivity index (χ1n) is 5.82. The SMILES string of the molecule is CCOC(=O)OCC(=O)COC(=O)C(C)(C)CC. The zero-order valence-corrected chi connectivity index (χ0v) is 11.3. The molecule has 0 unspecified atom stereocenters. The Hall–Kier alpha value is -1.59. The van der Waals surface area contributed by atoms with E-state index in [2.05, 4.69) is 9.47 Å². The number of rotatable bonds is 7. The maximum absolute atomic E-state index is 11.5. The molecule has 0 spiro atoms. The molecule has 0 bridgehead atoms. The van der Waals surface area contributed by atoms with Crippen LogP contribution in [0.15, 0.2) is 0 Å². The van der Waals surface area contributed by atoms with Crippen LogP contribution in [0.5, 0.6) is 0 Å². The van der Waals surface area contributed by atoms with E-state index in [4.69, 9.17) is 4.74 Å². The highest BCUT2D eigenvalue weighted by Gasteiger charge is 2.27. The van der Waals surface area contributed by atoms with E-state index in [0.29, 0.717) is 6.42 Å². The standard InChI is InChI=1S/C12H20O6/c1-5-12(3,4)10(14)17-7-9(13)8-18-11(15)16-6-2/h5-8H2,1-4H3. The first-order valence-corrected chi connectivity index (χ1v) is 5.82. The van der Waals surface area contributed by atoms with Crippen molar-refractivity contribution in [3.05, 3.63) is 0 Å². The molecule has 0 fully saturated rings. The Morgan fingerprint density at radius 2 is 1.50 bits per heavy atom. The van der Waals surface area contributed by atoms with Gasteiger partial charge in [-0.25, -0.2) is 4.79 Å². The van der Waals surface area contributed by atoms with Crippen LogP contribution in [0.1, 0.15) is 34.1 Å². The number of carbonyl (C=O) groups excluding carboxylic acids is 3. The Morgan fingerprint density at radius 1 is 0.944 bits per heavy atom. The molecular weight excluding hydrogens is 240 g/mol. The van der Waals surface area contributed by atoms with Gasteiger partial charge in [0.25, 0.3) is 0 Å². The second kappa shape index (κ2) is 7.68. The minimum atomic E-state index is -0.911. The van der Waals surface area contributed by atoms with Gasteiger partial charge in [0.1, 0.15) is 0 Å². The summed E-state index contributed by atoms with van der Waals surface area (Å²) in [7, 11) is 0. The van der Waals surface area contributed by atoms with Gasteiger partial charge >= 0.3 is 12.1 Å². The monoisotopic (exact) mass is 260 g/mol. The zero-order valence-electron chi connectivity index (χ0n) is 11.3. The third-order valence-corrected chi connectivity index (χ3v) is 2.41. The Balaban J connectivity index is 3.91. The van der Waals surface area contributed by atoms with Crippen LogP contribution in [0.2, 0.25) is 0 Å². The molecule has 0 radical (unpaired) electrons. The molecule has 6 nitrogen and oxygen atoms in total. The highest BCUT2D eigenvalue weighted by atomic mass is 16.7. The lowest BCUT2D eigenvalue weighted by Gasteiger charge is -2.19. The minimum Gasteiger partial charge on any atom is -0.457 e. The van der Waals surface area contributed by atoms with Crippen LogP contribution in [0.3, 0.4) is 0 Å². The van der Waals surface area contributed by atoms with E-state index in [1.165, 1.54) is 0 Å². The predicted molar refractivity (Wildman–Crippen MR) is 63.0 cm³/mol. The number of esters is 1. The molecule has 0 saturated heterocycles. The van der Waals surface area contributed by atoms with Gasteiger partial charge in [-0.3, -0.25) is 9.59 Å². The number of ether oxygens (including phenoxy) is 3. The molecule has 104 valence electrons. The maximum Gasteiger partial charge on any atom is 0.508 e. The topological polar surface area (TPSA) is 78.9 Å². The van der Waals surface area contributed by atoms with Crippen LogP contribution >= 0.6 is 0 Å². The highest BCUT2D eigenvalue weighted by Crippen LogP contribution is 2.21. The molecule has 0 amide bonds. The van der Waals surface area contributed by atoms with Crippen LogP contribution in [-0.2, 0) is 23.8 Å². The summed E-state index contributed by atoms with van der Waals surface area (Å²) in [5.41, 5.74) is -0.623. The summed E-state index contributed by atoms with van der Waals surface area (Å²) in [6.07, 6.45) is -0.301. The van der Waals surface area contributed by atoms with E-state index < -0.39 is 36.5 Å². The molecule has 0 aliphatic heterocycles. The van der Waals surface area contributed by atoms with E-state index in [-0.39, 0.29) is 6.61 Å². The van der Waals surface area contributed by atoms with Gasteiger partial charge < -0.3 is 14.2 Å².